The highest BCUT2D eigenvalue weighted by atomic mass is 16.3. The first-order valence-electron chi connectivity index (χ1n) is 13.5. The van der Waals surface area contributed by atoms with Crippen LogP contribution in [0.25, 0.3) is 0 Å². The molecule has 2 amide bonds. The minimum Gasteiger partial charge on any atom is -0.507 e. The van der Waals surface area contributed by atoms with Crippen LogP contribution in [0.15, 0.2) is 6.07 Å². The third kappa shape index (κ3) is 4.71. The molecule has 13 nitrogen and oxygen atoms in total. The maximum Gasteiger partial charge on any atom is 0.235 e. The molecule has 2 fully saturated rings. The van der Waals surface area contributed by atoms with E-state index >= 15 is 0 Å². The number of phenolic OH excluding ortho intramolecular Hbond substituents is 1. The van der Waals surface area contributed by atoms with Crippen molar-refractivity contribution in [2.75, 3.05) is 46.2 Å². The Labute approximate surface area is 237 Å². The standard InChI is InChI=1S/C28H37N5O8/c1-6-30-11-17(34)31-10-13-9-16(32(2)3)14-7-12-8-15-21(33(4)5)24(37)20(27(29)40)26(39)28(15,41)25(38)18(12)23(36)19(14)22(13)35/h9,12,15,18,20-21,30,35,41H,6-8,10-11H2,1-5H3,(H2,29,40)(H,31,34)/t12-,15-,18?,20?,21?,28-/m1/s1. The van der Waals surface area contributed by atoms with Gasteiger partial charge in [-0.25, -0.2) is 0 Å². The number of Topliss-reactive ketones (excluding diaryl/α,β-unsaturated/α-hetero) is 4. The number of rotatable bonds is 8. The number of carbonyl (C=O) groups is 6. The zero-order chi connectivity index (χ0) is 30.5. The van der Waals surface area contributed by atoms with Crippen LogP contribution in [0.1, 0.15) is 34.8 Å². The van der Waals surface area contributed by atoms with E-state index in [-0.39, 0.29) is 43.0 Å². The van der Waals surface area contributed by atoms with Gasteiger partial charge in [0.2, 0.25) is 11.8 Å². The summed E-state index contributed by atoms with van der Waals surface area (Å²) in [6.07, 6.45) is 0.125. The van der Waals surface area contributed by atoms with E-state index in [1.165, 1.54) is 19.0 Å². The predicted octanol–water partition coefficient (Wildman–Crippen LogP) is -1.84. The molecular formula is C28H37N5O8. The molecule has 2 saturated carbocycles. The summed E-state index contributed by atoms with van der Waals surface area (Å²) >= 11 is 0. The first kappa shape index (κ1) is 30.3. The topological polar surface area (TPSA) is 199 Å². The van der Waals surface area contributed by atoms with Crippen molar-refractivity contribution in [2.24, 2.45) is 29.4 Å². The van der Waals surface area contributed by atoms with Crippen molar-refractivity contribution in [3.8, 4) is 5.75 Å². The van der Waals surface area contributed by atoms with Gasteiger partial charge in [0.1, 0.15) is 5.75 Å². The fraction of sp³-hybridized carbons (Fsp3) is 0.571. The van der Waals surface area contributed by atoms with E-state index in [0.717, 1.165) is 0 Å². The number of carbonyl (C=O) groups excluding carboxylic acids is 6. The van der Waals surface area contributed by atoms with E-state index in [2.05, 4.69) is 10.6 Å². The molecule has 1 aromatic rings. The summed E-state index contributed by atoms with van der Waals surface area (Å²) in [5.41, 5.74) is 3.81. The number of primary amides is 1. The third-order valence-corrected chi connectivity index (χ3v) is 8.61. The Morgan fingerprint density at radius 2 is 1.78 bits per heavy atom. The maximum absolute atomic E-state index is 14.0. The first-order valence-corrected chi connectivity index (χ1v) is 13.5. The second kappa shape index (κ2) is 11.0. The number of anilines is 1. The minimum absolute atomic E-state index is 0.0280. The molecule has 0 aromatic heterocycles. The third-order valence-electron chi connectivity index (χ3n) is 8.61. The summed E-state index contributed by atoms with van der Waals surface area (Å²) in [6, 6.07) is 0.510. The van der Waals surface area contributed by atoms with Crippen LogP contribution in [-0.4, -0.2) is 103 Å². The largest absolute Gasteiger partial charge is 0.507 e. The van der Waals surface area contributed by atoms with Crippen LogP contribution in [0.5, 0.6) is 5.75 Å². The number of fused-ring (bicyclic) bond motifs is 3. The lowest BCUT2D eigenvalue weighted by Gasteiger charge is -2.52. The summed E-state index contributed by atoms with van der Waals surface area (Å²) in [7, 11) is 6.59. The molecule has 0 saturated heterocycles. The number of amides is 2. The molecule has 0 bridgehead atoms. The lowest BCUT2D eigenvalue weighted by molar-refractivity contribution is -0.181. The molecule has 6 atom stereocenters. The predicted molar refractivity (Wildman–Crippen MR) is 146 cm³/mol. The number of likely N-dealkylation sites (N-methyl/N-ethyl adjacent to an activating group) is 2. The van der Waals surface area contributed by atoms with Gasteiger partial charge in [0.05, 0.1) is 24.1 Å². The number of hydrogen-bond donors (Lipinski definition) is 5. The molecule has 222 valence electrons. The Kier molecular flexibility index (Phi) is 8.09. The Bertz CT molecular complexity index is 1340. The minimum atomic E-state index is -2.78. The number of ketones is 4. The maximum atomic E-state index is 14.0. The van der Waals surface area contributed by atoms with Gasteiger partial charge in [-0.3, -0.25) is 33.7 Å². The fourth-order valence-corrected chi connectivity index (χ4v) is 6.74. The van der Waals surface area contributed by atoms with Crippen LogP contribution in [0.3, 0.4) is 0 Å². The van der Waals surface area contributed by atoms with Gasteiger partial charge in [-0.1, -0.05) is 6.92 Å². The SMILES string of the molecule is CCNCC(=O)NCc1cc(N(C)C)c2c(c1O)C(=O)C1C(=O)[C@@]3(O)C(=O)C(C(N)=O)C(=O)C(N(C)C)[C@H]3C[C@H]1C2. The molecule has 3 unspecified atom stereocenters. The van der Waals surface area contributed by atoms with Crippen LogP contribution in [0.2, 0.25) is 0 Å². The van der Waals surface area contributed by atoms with Crippen LogP contribution in [0, 0.1) is 23.7 Å². The van der Waals surface area contributed by atoms with E-state index in [0.29, 0.717) is 17.8 Å². The van der Waals surface area contributed by atoms with Crippen LogP contribution >= 0.6 is 0 Å². The van der Waals surface area contributed by atoms with Crippen LogP contribution < -0.4 is 21.3 Å². The van der Waals surface area contributed by atoms with Crippen LogP contribution in [0.4, 0.5) is 5.69 Å². The molecule has 0 aliphatic heterocycles. The van der Waals surface area contributed by atoms with E-state index in [4.69, 9.17) is 5.73 Å². The van der Waals surface area contributed by atoms with Gasteiger partial charge in [-0.2, -0.15) is 0 Å². The Hall–Kier alpha value is -3.68. The number of aliphatic hydroxyl groups is 1. The van der Waals surface area contributed by atoms with Crippen molar-refractivity contribution in [2.45, 2.75) is 38.0 Å². The van der Waals surface area contributed by atoms with Gasteiger partial charge in [-0.15, -0.1) is 0 Å². The molecule has 3 aliphatic rings. The number of phenols is 1. The molecule has 0 heterocycles. The number of benzene rings is 1. The zero-order valence-corrected chi connectivity index (χ0v) is 23.8. The molecule has 6 N–H and O–H groups in total. The second-order valence-corrected chi connectivity index (χ2v) is 11.5. The summed E-state index contributed by atoms with van der Waals surface area (Å²) < 4.78 is 0. The molecule has 41 heavy (non-hydrogen) atoms. The highest BCUT2D eigenvalue weighted by Crippen LogP contribution is 2.52. The lowest BCUT2D eigenvalue weighted by atomic mass is 9.52. The quantitative estimate of drug-likeness (QED) is 0.220. The fourth-order valence-electron chi connectivity index (χ4n) is 6.74. The van der Waals surface area contributed by atoms with Gasteiger partial charge in [0.25, 0.3) is 0 Å². The molecule has 4 rings (SSSR count). The van der Waals surface area contributed by atoms with Crippen molar-refractivity contribution < 1.29 is 39.0 Å². The normalized spacial score (nSPS) is 29.1. The first-order chi connectivity index (χ1) is 19.2. The summed E-state index contributed by atoms with van der Waals surface area (Å²) in [5.74, 6) is -11.3. The average molecular weight is 572 g/mol. The van der Waals surface area contributed by atoms with E-state index in [9.17, 15) is 39.0 Å². The van der Waals surface area contributed by atoms with E-state index in [1.807, 2.05) is 6.92 Å². The van der Waals surface area contributed by atoms with Gasteiger partial charge in [0.15, 0.2) is 34.7 Å². The van der Waals surface area contributed by atoms with Gasteiger partial charge in [0, 0.05) is 37.8 Å². The molecule has 3 aliphatic carbocycles. The zero-order valence-electron chi connectivity index (χ0n) is 23.8. The van der Waals surface area contributed by atoms with Crippen molar-refractivity contribution >= 4 is 40.6 Å². The van der Waals surface area contributed by atoms with Crippen molar-refractivity contribution in [1.29, 1.82) is 0 Å². The highest BCUT2D eigenvalue weighted by molar-refractivity contribution is 6.32. The molecule has 0 radical (unpaired) electrons. The summed E-state index contributed by atoms with van der Waals surface area (Å²) in [4.78, 5) is 82.1. The summed E-state index contributed by atoms with van der Waals surface area (Å²) in [6.45, 7) is 2.42. The smallest absolute Gasteiger partial charge is 0.235 e. The molecule has 1 aromatic carbocycles. The van der Waals surface area contributed by atoms with Gasteiger partial charge >= 0.3 is 0 Å². The monoisotopic (exact) mass is 571 g/mol. The highest BCUT2D eigenvalue weighted by Gasteiger charge is 2.69. The Morgan fingerprint density at radius 1 is 1.12 bits per heavy atom. The molecular weight excluding hydrogens is 534 g/mol. The Morgan fingerprint density at radius 3 is 2.34 bits per heavy atom. The summed E-state index contributed by atoms with van der Waals surface area (Å²) in [5, 5.41) is 28.5. The number of nitrogens with two attached hydrogens (primary N) is 1. The lowest BCUT2D eigenvalue weighted by Crippen LogP contribution is -2.74. The van der Waals surface area contributed by atoms with Crippen molar-refractivity contribution in [1.82, 2.24) is 15.5 Å². The number of nitrogens with zero attached hydrogens (tertiary/aromatic N) is 2. The number of aromatic hydroxyl groups is 1. The number of hydrogen-bond acceptors (Lipinski definition) is 11. The second-order valence-electron chi connectivity index (χ2n) is 11.5. The number of nitrogens with one attached hydrogen (secondary N) is 2. The van der Waals surface area contributed by atoms with Crippen LogP contribution in [-0.2, 0) is 36.9 Å². The molecule has 13 heteroatoms. The van der Waals surface area contributed by atoms with Crippen molar-refractivity contribution in [3.05, 3.63) is 22.8 Å². The van der Waals surface area contributed by atoms with E-state index in [1.54, 1.807) is 25.1 Å². The van der Waals surface area contributed by atoms with E-state index < -0.39 is 70.1 Å². The van der Waals surface area contributed by atoms with Crippen molar-refractivity contribution in [3.63, 3.8) is 0 Å². The van der Waals surface area contributed by atoms with Gasteiger partial charge < -0.3 is 31.5 Å². The molecule has 0 spiro atoms. The Balaban J connectivity index is 1.80. The van der Waals surface area contributed by atoms with Gasteiger partial charge in [-0.05, 0) is 51.0 Å². The average Bonchev–Trinajstić information content (AvgIpc) is 2.88.